The van der Waals surface area contributed by atoms with E-state index >= 15 is 4.39 Å². The van der Waals surface area contributed by atoms with Gasteiger partial charge in [-0.15, -0.1) is 5.10 Å². The van der Waals surface area contributed by atoms with Crippen LogP contribution in [0.3, 0.4) is 0 Å². The smallest absolute Gasteiger partial charge is 0.337 e. The lowest BCUT2D eigenvalue weighted by molar-refractivity contribution is -0.135. The summed E-state index contributed by atoms with van der Waals surface area (Å²) in [7, 11) is 1.27. The minimum absolute atomic E-state index is 0.135. The average molecular weight is 561 g/mol. The fourth-order valence-corrected chi connectivity index (χ4v) is 4.74. The maximum Gasteiger partial charge on any atom is 0.337 e. The van der Waals surface area contributed by atoms with Gasteiger partial charge in [0.2, 0.25) is 5.91 Å². The van der Waals surface area contributed by atoms with Gasteiger partial charge in [0.15, 0.2) is 0 Å². The Bertz CT molecular complexity index is 1610. The number of hydrogen-bond acceptors (Lipinski definition) is 7. The summed E-state index contributed by atoms with van der Waals surface area (Å²) in [6, 6.07) is 14.4. The number of amides is 2. The third-order valence-corrected chi connectivity index (χ3v) is 6.68. The molecular weight excluding hydrogens is 539 g/mol. The van der Waals surface area contributed by atoms with E-state index < -0.39 is 29.6 Å². The first-order chi connectivity index (χ1) is 19.4. The third kappa shape index (κ3) is 5.45. The molecule has 202 valence electrons. The molecule has 12 heteroatoms. The number of hydrogen-bond donors (Lipinski definition) is 1. The van der Waals surface area contributed by atoms with Crippen LogP contribution < -0.4 is 5.32 Å². The van der Waals surface area contributed by atoms with Crippen molar-refractivity contribution in [1.29, 1.82) is 0 Å². The molecule has 10 nitrogen and oxygen atoms in total. The fraction of sp³-hybridized carbons (Fsp3) is 0.143. The molecule has 1 N–H and O–H groups in total. The minimum atomic E-state index is -1.24. The summed E-state index contributed by atoms with van der Waals surface area (Å²) < 4.78 is 21.2. The van der Waals surface area contributed by atoms with Crippen LogP contribution in [0.4, 0.5) is 10.1 Å². The normalized spacial score (nSPS) is 14.6. The Balaban J connectivity index is 1.45. The molecule has 1 atom stereocenters. The quantitative estimate of drug-likeness (QED) is 0.279. The molecular formula is C28H22ClFN6O4. The highest BCUT2D eigenvalue weighted by Crippen LogP contribution is 2.33. The maximum atomic E-state index is 15.1. The van der Waals surface area contributed by atoms with Gasteiger partial charge in [-0.1, -0.05) is 23.7 Å². The van der Waals surface area contributed by atoms with Crippen LogP contribution in [0.25, 0.3) is 11.8 Å². The molecule has 0 saturated heterocycles. The fourth-order valence-electron chi connectivity index (χ4n) is 4.56. The number of carbonyl (C=O) groups excluding carboxylic acids is 3. The summed E-state index contributed by atoms with van der Waals surface area (Å²) in [6.45, 7) is 0.189. The lowest BCUT2D eigenvalue weighted by Gasteiger charge is -2.36. The Hall–Kier alpha value is -4.90. The molecule has 1 aromatic heterocycles. The van der Waals surface area contributed by atoms with Crippen molar-refractivity contribution in [2.45, 2.75) is 12.5 Å². The van der Waals surface area contributed by atoms with Crippen molar-refractivity contribution >= 4 is 41.1 Å². The lowest BCUT2D eigenvalue weighted by atomic mass is 9.91. The predicted octanol–water partition coefficient (Wildman–Crippen LogP) is 4.02. The van der Waals surface area contributed by atoms with Crippen LogP contribution >= 0.6 is 11.6 Å². The zero-order chi connectivity index (χ0) is 28.2. The van der Waals surface area contributed by atoms with Gasteiger partial charge in [0, 0.05) is 34.5 Å². The second-order valence-corrected chi connectivity index (χ2v) is 9.28. The van der Waals surface area contributed by atoms with Crippen LogP contribution in [-0.2, 0) is 20.7 Å². The molecule has 0 saturated carbocycles. The number of tetrazole rings is 1. The number of nitrogens with zero attached hydrogens (tertiary/aromatic N) is 5. The van der Waals surface area contributed by atoms with Gasteiger partial charge in [0.05, 0.1) is 18.4 Å². The highest BCUT2D eigenvalue weighted by Gasteiger charge is 2.37. The Morgan fingerprint density at radius 3 is 2.65 bits per heavy atom. The van der Waals surface area contributed by atoms with Crippen molar-refractivity contribution in [3.8, 4) is 5.69 Å². The van der Waals surface area contributed by atoms with Crippen molar-refractivity contribution in [3.05, 3.63) is 106 Å². The zero-order valence-corrected chi connectivity index (χ0v) is 21.9. The summed E-state index contributed by atoms with van der Waals surface area (Å²) in [5.41, 5.74) is 2.59. The molecule has 0 aliphatic carbocycles. The largest absolute Gasteiger partial charge is 0.465 e. The van der Waals surface area contributed by atoms with E-state index in [9.17, 15) is 14.4 Å². The lowest BCUT2D eigenvalue weighted by Crippen LogP contribution is -2.45. The van der Waals surface area contributed by atoms with Crippen LogP contribution in [0.2, 0.25) is 5.02 Å². The standard InChI is InChI=1S/C28H22ClFN6O4/c1-40-28(39)18-5-9-21(10-6-18)32-27(38)26-25-17(3-2-4-22(25)30)13-14-35(26)24(37)12-7-19-15-20(29)8-11-23(19)36-16-31-33-34-36/h2-12,15-16,26H,13-14H2,1H3,(H,32,38)/b12-7+. The number of ether oxygens (including phenoxy) is 1. The number of methoxy groups -OCH3 is 1. The minimum Gasteiger partial charge on any atom is -0.465 e. The van der Waals surface area contributed by atoms with E-state index in [2.05, 4.69) is 20.8 Å². The van der Waals surface area contributed by atoms with Gasteiger partial charge in [0.1, 0.15) is 18.2 Å². The summed E-state index contributed by atoms with van der Waals surface area (Å²) >= 11 is 6.18. The monoisotopic (exact) mass is 560 g/mol. The SMILES string of the molecule is COC(=O)c1ccc(NC(=O)C2c3c(F)cccc3CCN2C(=O)/C=C/c2cc(Cl)ccc2-n2cnnn2)cc1. The molecule has 0 radical (unpaired) electrons. The van der Waals surface area contributed by atoms with E-state index in [1.54, 1.807) is 36.4 Å². The topological polar surface area (TPSA) is 119 Å². The van der Waals surface area contributed by atoms with Gasteiger partial charge in [0.25, 0.3) is 5.91 Å². The second kappa shape index (κ2) is 11.5. The van der Waals surface area contributed by atoms with E-state index in [0.29, 0.717) is 39.5 Å². The molecule has 5 rings (SSSR count). The van der Waals surface area contributed by atoms with Gasteiger partial charge in [-0.2, -0.15) is 4.68 Å². The van der Waals surface area contributed by atoms with Gasteiger partial charge in [-0.05, 0) is 77.0 Å². The van der Waals surface area contributed by atoms with Gasteiger partial charge >= 0.3 is 5.97 Å². The maximum absolute atomic E-state index is 15.1. The molecule has 0 fully saturated rings. The Morgan fingerprint density at radius 1 is 1.12 bits per heavy atom. The van der Waals surface area contributed by atoms with E-state index in [1.165, 1.54) is 59.4 Å². The number of anilines is 1. The Labute approximate surface area is 233 Å². The Morgan fingerprint density at radius 2 is 1.93 bits per heavy atom. The summed E-state index contributed by atoms with van der Waals surface area (Å²) in [5, 5.41) is 14.3. The van der Waals surface area contributed by atoms with Crippen molar-refractivity contribution in [2.24, 2.45) is 0 Å². The van der Waals surface area contributed by atoms with Gasteiger partial charge < -0.3 is 15.0 Å². The number of benzene rings is 3. The van der Waals surface area contributed by atoms with Crippen molar-refractivity contribution < 1.29 is 23.5 Å². The molecule has 2 heterocycles. The van der Waals surface area contributed by atoms with E-state index in [1.807, 2.05) is 0 Å². The molecule has 1 unspecified atom stereocenters. The first kappa shape index (κ1) is 26.7. The first-order valence-electron chi connectivity index (χ1n) is 12.1. The Kier molecular flexibility index (Phi) is 7.65. The number of carbonyl (C=O) groups is 3. The number of fused-ring (bicyclic) bond motifs is 1. The van der Waals surface area contributed by atoms with Crippen LogP contribution in [0.1, 0.15) is 33.1 Å². The van der Waals surface area contributed by atoms with E-state index in [4.69, 9.17) is 16.3 Å². The highest BCUT2D eigenvalue weighted by atomic mass is 35.5. The summed E-state index contributed by atoms with van der Waals surface area (Å²) in [4.78, 5) is 40.1. The molecule has 0 bridgehead atoms. The second-order valence-electron chi connectivity index (χ2n) is 8.85. The predicted molar refractivity (Wildman–Crippen MR) is 144 cm³/mol. The molecule has 3 aromatic carbocycles. The number of esters is 1. The number of aromatic nitrogens is 4. The molecule has 2 amide bonds. The molecule has 0 spiro atoms. The average Bonchev–Trinajstić information content (AvgIpc) is 3.50. The highest BCUT2D eigenvalue weighted by molar-refractivity contribution is 6.30. The summed E-state index contributed by atoms with van der Waals surface area (Å²) in [5.74, 6) is -2.21. The first-order valence-corrected chi connectivity index (χ1v) is 12.5. The van der Waals surface area contributed by atoms with Crippen LogP contribution in [-0.4, -0.2) is 56.5 Å². The van der Waals surface area contributed by atoms with Gasteiger partial charge in [-0.3, -0.25) is 9.59 Å². The zero-order valence-electron chi connectivity index (χ0n) is 21.1. The van der Waals surface area contributed by atoms with E-state index in [-0.39, 0.29) is 12.1 Å². The number of halogens is 2. The number of nitrogens with one attached hydrogen (secondary N) is 1. The molecule has 1 aliphatic rings. The summed E-state index contributed by atoms with van der Waals surface area (Å²) in [6.07, 6.45) is 4.63. The van der Waals surface area contributed by atoms with Crippen LogP contribution in [0, 0.1) is 5.82 Å². The van der Waals surface area contributed by atoms with Crippen LogP contribution in [0.5, 0.6) is 0 Å². The number of rotatable bonds is 6. The van der Waals surface area contributed by atoms with Crippen molar-refractivity contribution in [2.75, 3.05) is 19.0 Å². The van der Waals surface area contributed by atoms with Crippen LogP contribution in [0.15, 0.2) is 73.1 Å². The van der Waals surface area contributed by atoms with Gasteiger partial charge in [-0.25, -0.2) is 9.18 Å². The third-order valence-electron chi connectivity index (χ3n) is 6.45. The molecule has 4 aromatic rings. The van der Waals surface area contributed by atoms with Crippen molar-refractivity contribution in [3.63, 3.8) is 0 Å². The van der Waals surface area contributed by atoms with E-state index in [0.717, 1.165) is 0 Å². The van der Waals surface area contributed by atoms with Crippen molar-refractivity contribution in [1.82, 2.24) is 25.1 Å². The molecule has 40 heavy (non-hydrogen) atoms. The molecule has 1 aliphatic heterocycles.